The smallest absolute Gasteiger partial charge is 0.225 e. The second-order valence-corrected chi connectivity index (χ2v) is 11.0. The number of piperidine rings is 1. The molecule has 4 atom stereocenters. The van der Waals surface area contributed by atoms with Crippen LogP contribution < -0.4 is 10.5 Å². The number of likely N-dealkylation sites (tertiary alicyclic amines) is 1. The number of aliphatic hydroxyl groups is 1. The van der Waals surface area contributed by atoms with E-state index in [1.54, 1.807) is 7.11 Å². The fourth-order valence-electron chi connectivity index (χ4n) is 6.15. The molecule has 202 valence electrons. The van der Waals surface area contributed by atoms with Crippen molar-refractivity contribution in [3.05, 3.63) is 59.7 Å². The second kappa shape index (κ2) is 12.9. The summed E-state index contributed by atoms with van der Waals surface area (Å²) in [6.07, 6.45) is 7.77. The summed E-state index contributed by atoms with van der Waals surface area (Å²) in [6, 6.07) is 16.0. The maximum Gasteiger partial charge on any atom is 0.225 e. The van der Waals surface area contributed by atoms with E-state index in [-0.39, 0.29) is 23.8 Å². The molecule has 4 rings (SSSR count). The van der Waals surface area contributed by atoms with Gasteiger partial charge >= 0.3 is 0 Å². The van der Waals surface area contributed by atoms with Crippen molar-refractivity contribution in [2.45, 2.75) is 76.4 Å². The highest BCUT2D eigenvalue weighted by Gasteiger charge is 2.44. The van der Waals surface area contributed by atoms with Gasteiger partial charge in [-0.1, -0.05) is 49.2 Å². The molecule has 2 fully saturated rings. The van der Waals surface area contributed by atoms with E-state index >= 15 is 0 Å². The number of unbranched alkanes of at least 4 members (excludes halogenated alkanes) is 2. The van der Waals surface area contributed by atoms with Crippen LogP contribution in [0.2, 0.25) is 0 Å². The van der Waals surface area contributed by atoms with Crippen molar-refractivity contribution in [2.75, 3.05) is 26.8 Å². The van der Waals surface area contributed by atoms with Gasteiger partial charge in [-0.15, -0.1) is 0 Å². The molecule has 6 heteroatoms. The van der Waals surface area contributed by atoms with E-state index in [2.05, 4.69) is 0 Å². The Morgan fingerprint density at radius 3 is 2.54 bits per heavy atom. The van der Waals surface area contributed by atoms with E-state index in [4.69, 9.17) is 15.2 Å². The van der Waals surface area contributed by atoms with Gasteiger partial charge in [-0.05, 0) is 69.6 Å². The number of nitrogens with zero attached hydrogens (tertiary/aromatic N) is 1. The van der Waals surface area contributed by atoms with Crippen LogP contribution in [0.3, 0.4) is 0 Å². The zero-order valence-electron chi connectivity index (χ0n) is 22.5. The number of carbonyl (C=O) groups is 1. The molecule has 1 amide bonds. The molecule has 0 radical (unpaired) electrons. The van der Waals surface area contributed by atoms with Gasteiger partial charge in [0.25, 0.3) is 0 Å². The predicted octanol–water partition coefficient (Wildman–Crippen LogP) is 5.55. The number of aryl methyl sites for hydroxylation is 1. The van der Waals surface area contributed by atoms with Crippen molar-refractivity contribution >= 4 is 5.91 Å². The van der Waals surface area contributed by atoms with Gasteiger partial charge in [0.05, 0.1) is 5.60 Å². The molecule has 3 N–H and O–H groups in total. The maximum atomic E-state index is 13.4. The maximum absolute atomic E-state index is 13.4. The third-order valence-electron chi connectivity index (χ3n) is 8.30. The molecule has 6 nitrogen and oxygen atoms in total. The van der Waals surface area contributed by atoms with E-state index in [0.717, 1.165) is 81.4 Å². The van der Waals surface area contributed by atoms with Gasteiger partial charge in [0.15, 0.2) is 0 Å². The van der Waals surface area contributed by atoms with Crippen LogP contribution in [0.1, 0.15) is 68.9 Å². The number of ether oxygens (including phenoxy) is 2. The van der Waals surface area contributed by atoms with Crippen LogP contribution >= 0.6 is 0 Å². The SMILES string of the molecule is COCCCCC[C@@](O)(c1ccccc1Oc1ccccc1C)[C@@H]1CCCN(C(=O)[C@@H]2CC[C@H](N)C2)C1. The molecule has 0 spiro atoms. The summed E-state index contributed by atoms with van der Waals surface area (Å²) in [5.74, 6) is 1.64. The molecule has 1 heterocycles. The molecule has 1 aliphatic carbocycles. The largest absolute Gasteiger partial charge is 0.457 e. The molecule has 0 unspecified atom stereocenters. The minimum absolute atomic E-state index is 0.0209. The molecule has 2 aromatic carbocycles. The lowest BCUT2D eigenvalue weighted by atomic mass is 9.73. The third-order valence-corrected chi connectivity index (χ3v) is 8.30. The number of hydrogen-bond donors (Lipinski definition) is 2. The fraction of sp³-hybridized carbons (Fsp3) is 0.581. The normalized spacial score (nSPS) is 23.6. The van der Waals surface area contributed by atoms with E-state index in [1.165, 1.54) is 0 Å². The topological polar surface area (TPSA) is 85.0 Å². The number of rotatable bonds is 11. The lowest BCUT2D eigenvalue weighted by Crippen LogP contribution is -2.49. The first-order chi connectivity index (χ1) is 17.9. The van der Waals surface area contributed by atoms with Gasteiger partial charge in [0.1, 0.15) is 11.5 Å². The molecule has 2 aromatic rings. The van der Waals surface area contributed by atoms with Gasteiger partial charge in [-0.2, -0.15) is 0 Å². The standard InChI is InChI=1S/C31H44N2O4/c1-23-11-4-6-14-28(23)37-29-15-7-5-13-27(29)31(35,18-8-3-9-20-36-2)25-12-10-19-33(22-25)30(34)24-16-17-26(32)21-24/h4-7,11,13-15,24-26,35H,3,8-10,12,16-22,32H2,1-2H3/t24-,25-,26+,31+/m1/s1. The number of benzene rings is 2. The van der Waals surface area contributed by atoms with Crippen molar-refractivity contribution < 1.29 is 19.4 Å². The summed E-state index contributed by atoms with van der Waals surface area (Å²) < 4.78 is 11.6. The number of hydrogen-bond acceptors (Lipinski definition) is 5. The van der Waals surface area contributed by atoms with E-state index in [9.17, 15) is 9.90 Å². The van der Waals surface area contributed by atoms with Gasteiger partial charge in [-0.3, -0.25) is 4.79 Å². The Kier molecular flexibility index (Phi) is 9.63. The van der Waals surface area contributed by atoms with Crippen molar-refractivity contribution in [2.24, 2.45) is 17.6 Å². The summed E-state index contributed by atoms with van der Waals surface area (Å²) in [5.41, 5.74) is 6.87. The highest BCUT2D eigenvalue weighted by atomic mass is 16.5. The molecule has 0 aromatic heterocycles. The minimum Gasteiger partial charge on any atom is -0.457 e. The van der Waals surface area contributed by atoms with Crippen molar-refractivity contribution in [1.82, 2.24) is 4.90 Å². The average molecular weight is 509 g/mol. The number of carbonyl (C=O) groups excluding carboxylic acids is 1. The zero-order valence-corrected chi connectivity index (χ0v) is 22.5. The molecular formula is C31H44N2O4. The quantitative estimate of drug-likeness (QED) is 0.389. The number of para-hydroxylation sites is 2. The number of methoxy groups -OCH3 is 1. The zero-order chi connectivity index (χ0) is 26.3. The molecular weight excluding hydrogens is 464 g/mol. The molecule has 1 aliphatic heterocycles. The van der Waals surface area contributed by atoms with Crippen LogP contribution in [0.15, 0.2) is 48.5 Å². The van der Waals surface area contributed by atoms with Crippen LogP contribution in [0.4, 0.5) is 0 Å². The first kappa shape index (κ1) is 27.6. The Balaban J connectivity index is 1.60. The van der Waals surface area contributed by atoms with E-state index in [0.29, 0.717) is 18.7 Å². The van der Waals surface area contributed by atoms with Crippen LogP contribution in [-0.2, 0) is 15.1 Å². The van der Waals surface area contributed by atoms with Gasteiger partial charge in [-0.25, -0.2) is 0 Å². The van der Waals surface area contributed by atoms with Gasteiger partial charge < -0.3 is 25.2 Å². The van der Waals surface area contributed by atoms with Crippen LogP contribution in [0, 0.1) is 18.8 Å². The van der Waals surface area contributed by atoms with Crippen molar-refractivity contribution in [3.8, 4) is 11.5 Å². The number of amides is 1. The van der Waals surface area contributed by atoms with Crippen molar-refractivity contribution in [3.63, 3.8) is 0 Å². The Morgan fingerprint density at radius 1 is 1.05 bits per heavy atom. The lowest BCUT2D eigenvalue weighted by Gasteiger charge is -2.44. The van der Waals surface area contributed by atoms with Gasteiger partial charge in [0.2, 0.25) is 5.91 Å². The highest BCUT2D eigenvalue weighted by Crippen LogP contribution is 2.45. The Bertz CT molecular complexity index is 1030. The van der Waals surface area contributed by atoms with Crippen molar-refractivity contribution in [1.29, 1.82) is 0 Å². The highest BCUT2D eigenvalue weighted by molar-refractivity contribution is 5.79. The molecule has 1 saturated heterocycles. The Labute approximate surface area is 222 Å². The first-order valence-corrected chi connectivity index (χ1v) is 14.0. The second-order valence-electron chi connectivity index (χ2n) is 11.0. The van der Waals surface area contributed by atoms with E-state index in [1.807, 2.05) is 60.4 Å². The Morgan fingerprint density at radius 2 is 1.81 bits per heavy atom. The van der Waals surface area contributed by atoms with Crippen LogP contribution in [0.5, 0.6) is 11.5 Å². The Hall–Kier alpha value is -2.41. The first-order valence-electron chi connectivity index (χ1n) is 14.0. The van der Waals surface area contributed by atoms with Crippen LogP contribution in [0.25, 0.3) is 0 Å². The summed E-state index contributed by atoms with van der Waals surface area (Å²) in [5, 5.41) is 12.5. The van der Waals surface area contributed by atoms with E-state index < -0.39 is 5.60 Å². The van der Waals surface area contributed by atoms with Crippen LogP contribution in [-0.4, -0.2) is 48.8 Å². The van der Waals surface area contributed by atoms with Gasteiger partial charge in [0, 0.05) is 50.2 Å². The summed E-state index contributed by atoms with van der Waals surface area (Å²) in [6.45, 7) is 4.07. The average Bonchev–Trinajstić information content (AvgIpc) is 3.36. The molecule has 37 heavy (non-hydrogen) atoms. The molecule has 2 aliphatic rings. The number of nitrogens with two attached hydrogens (primary N) is 1. The molecule has 1 saturated carbocycles. The fourth-order valence-corrected chi connectivity index (χ4v) is 6.15. The lowest BCUT2D eigenvalue weighted by molar-refractivity contribution is -0.141. The summed E-state index contributed by atoms with van der Waals surface area (Å²) in [7, 11) is 1.72. The predicted molar refractivity (Wildman–Crippen MR) is 147 cm³/mol. The summed E-state index contributed by atoms with van der Waals surface area (Å²) in [4.78, 5) is 15.4. The molecule has 0 bridgehead atoms. The third kappa shape index (κ3) is 6.73. The summed E-state index contributed by atoms with van der Waals surface area (Å²) >= 11 is 0. The monoisotopic (exact) mass is 508 g/mol. The minimum atomic E-state index is -1.10.